The lowest BCUT2D eigenvalue weighted by Gasteiger charge is -2.17. The summed E-state index contributed by atoms with van der Waals surface area (Å²) in [4.78, 5) is 2.12. The van der Waals surface area contributed by atoms with Gasteiger partial charge in [-0.1, -0.05) is 22.9 Å². The van der Waals surface area contributed by atoms with Crippen molar-refractivity contribution in [1.82, 2.24) is 4.90 Å². The molecule has 0 aromatic heterocycles. The molecule has 3 heteroatoms. The number of halogens is 2. The molecule has 0 fully saturated rings. The lowest BCUT2D eigenvalue weighted by atomic mass is 10.4. The first-order valence-electron chi connectivity index (χ1n) is 3.69. The van der Waals surface area contributed by atoms with Crippen LogP contribution >= 0.6 is 15.9 Å². The number of nitrogens with zero attached hydrogens (tertiary/aromatic N) is 1. The predicted molar refractivity (Wildman–Crippen MR) is 46.5 cm³/mol. The van der Waals surface area contributed by atoms with E-state index < -0.39 is 0 Å². The highest BCUT2D eigenvalue weighted by Gasteiger charge is 2.00. The molecule has 0 aliphatic heterocycles. The molecule has 0 atom stereocenters. The maximum atomic E-state index is 11.8. The van der Waals surface area contributed by atoms with Gasteiger partial charge in [0.05, 0.1) is 0 Å². The SMILES string of the molecule is CCCN(CCF)CCBr. The van der Waals surface area contributed by atoms with E-state index in [0.29, 0.717) is 6.54 Å². The first-order chi connectivity index (χ1) is 4.85. The summed E-state index contributed by atoms with van der Waals surface area (Å²) < 4.78 is 11.8. The van der Waals surface area contributed by atoms with Gasteiger partial charge in [-0.15, -0.1) is 0 Å². The number of hydrogen-bond acceptors (Lipinski definition) is 1. The minimum atomic E-state index is -0.229. The summed E-state index contributed by atoms with van der Waals surface area (Å²) in [7, 11) is 0. The molecule has 0 aromatic rings. The van der Waals surface area contributed by atoms with Crippen LogP contribution in [0.4, 0.5) is 4.39 Å². The predicted octanol–water partition coefficient (Wildman–Crippen LogP) is 2.06. The van der Waals surface area contributed by atoms with Crippen molar-refractivity contribution in [3.05, 3.63) is 0 Å². The Morgan fingerprint density at radius 2 is 2.00 bits per heavy atom. The second-order valence-corrected chi connectivity index (χ2v) is 3.01. The second-order valence-electron chi connectivity index (χ2n) is 2.22. The summed E-state index contributed by atoms with van der Waals surface area (Å²) in [5.41, 5.74) is 0. The number of alkyl halides is 2. The topological polar surface area (TPSA) is 3.24 Å². The van der Waals surface area contributed by atoms with Crippen molar-refractivity contribution in [3.63, 3.8) is 0 Å². The molecule has 1 nitrogen and oxygen atoms in total. The van der Waals surface area contributed by atoms with Gasteiger partial charge in [0.1, 0.15) is 6.67 Å². The molecular formula is C7H15BrFN. The van der Waals surface area contributed by atoms with Crippen molar-refractivity contribution in [2.45, 2.75) is 13.3 Å². The Kier molecular flexibility index (Phi) is 7.75. The standard InChI is InChI=1S/C7H15BrFN/c1-2-5-10(6-3-8)7-4-9/h2-7H2,1H3. The van der Waals surface area contributed by atoms with E-state index in [1.807, 2.05) is 0 Å². The van der Waals surface area contributed by atoms with Crippen LogP contribution in [-0.4, -0.2) is 36.5 Å². The van der Waals surface area contributed by atoms with Crippen molar-refractivity contribution in [2.24, 2.45) is 0 Å². The van der Waals surface area contributed by atoms with E-state index in [1.54, 1.807) is 0 Å². The van der Waals surface area contributed by atoms with Gasteiger partial charge in [0, 0.05) is 18.4 Å². The van der Waals surface area contributed by atoms with E-state index in [9.17, 15) is 4.39 Å². The highest BCUT2D eigenvalue weighted by Crippen LogP contribution is 1.93. The Bertz CT molecular complexity index is 56.4. The Labute approximate surface area is 70.7 Å². The van der Waals surface area contributed by atoms with Crippen LogP contribution in [0.5, 0.6) is 0 Å². The van der Waals surface area contributed by atoms with E-state index >= 15 is 0 Å². The fraction of sp³-hybridized carbons (Fsp3) is 1.00. The van der Waals surface area contributed by atoms with Crippen molar-refractivity contribution in [2.75, 3.05) is 31.6 Å². The van der Waals surface area contributed by atoms with Crippen molar-refractivity contribution < 1.29 is 4.39 Å². The van der Waals surface area contributed by atoms with Gasteiger partial charge < -0.3 is 0 Å². The fourth-order valence-electron chi connectivity index (χ4n) is 0.891. The van der Waals surface area contributed by atoms with E-state index in [-0.39, 0.29) is 6.67 Å². The molecule has 0 saturated heterocycles. The molecule has 0 heterocycles. The Morgan fingerprint density at radius 1 is 1.30 bits per heavy atom. The first kappa shape index (κ1) is 10.4. The van der Waals surface area contributed by atoms with Gasteiger partial charge in [0.2, 0.25) is 0 Å². The van der Waals surface area contributed by atoms with Gasteiger partial charge >= 0.3 is 0 Å². The van der Waals surface area contributed by atoms with Crippen LogP contribution in [0, 0.1) is 0 Å². The van der Waals surface area contributed by atoms with Gasteiger partial charge in [0.15, 0.2) is 0 Å². The fourth-order valence-corrected chi connectivity index (χ4v) is 1.39. The molecule has 0 unspecified atom stereocenters. The minimum absolute atomic E-state index is 0.229. The summed E-state index contributed by atoms with van der Waals surface area (Å²) in [5.74, 6) is 0. The lowest BCUT2D eigenvalue weighted by molar-refractivity contribution is 0.262. The molecule has 0 N–H and O–H groups in total. The molecule has 62 valence electrons. The van der Waals surface area contributed by atoms with E-state index in [0.717, 1.165) is 24.8 Å². The zero-order valence-corrected chi connectivity index (χ0v) is 8.03. The zero-order valence-electron chi connectivity index (χ0n) is 6.45. The first-order valence-corrected chi connectivity index (χ1v) is 4.81. The summed E-state index contributed by atoms with van der Waals surface area (Å²) >= 11 is 3.33. The Hall–Kier alpha value is 0.370. The van der Waals surface area contributed by atoms with Crippen LogP contribution in [0.3, 0.4) is 0 Å². The summed E-state index contributed by atoms with van der Waals surface area (Å²) in [6.45, 7) is 4.43. The molecule has 0 bridgehead atoms. The maximum Gasteiger partial charge on any atom is 0.102 e. The number of rotatable bonds is 6. The molecule has 0 aromatic carbocycles. The monoisotopic (exact) mass is 211 g/mol. The molecule has 0 radical (unpaired) electrons. The van der Waals surface area contributed by atoms with E-state index in [4.69, 9.17) is 0 Å². The largest absolute Gasteiger partial charge is 0.300 e. The van der Waals surface area contributed by atoms with Crippen LogP contribution in [-0.2, 0) is 0 Å². The lowest BCUT2D eigenvalue weighted by Crippen LogP contribution is -2.28. The quantitative estimate of drug-likeness (QED) is 0.609. The van der Waals surface area contributed by atoms with Crippen LogP contribution in [0.2, 0.25) is 0 Å². The third-order valence-electron chi connectivity index (χ3n) is 1.34. The molecule has 10 heavy (non-hydrogen) atoms. The molecule has 0 aliphatic rings. The van der Waals surface area contributed by atoms with E-state index in [2.05, 4.69) is 27.8 Å². The Morgan fingerprint density at radius 3 is 2.40 bits per heavy atom. The highest BCUT2D eigenvalue weighted by atomic mass is 79.9. The summed E-state index contributed by atoms with van der Waals surface area (Å²) in [5, 5.41) is 0.938. The third-order valence-corrected chi connectivity index (χ3v) is 1.70. The average molecular weight is 212 g/mol. The van der Waals surface area contributed by atoms with Crippen LogP contribution in [0.1, 0.15) is 13.3 Å². The molecule has 0 rings (SSSR count). The smallest absolute Gasteiger partial charge is 0.102 e. The Balaban J connectivity index is 3.30. The highest BCUT2D eigenvalue weighted by molar-refractivity contribution is 9.09. The van der Waals surface area contributed by atoms with Crippen molar-refractivity contribution in [3.8, 4) is 0 Å². The van der Waals surface area contributed by atoms with Crippen LogP contribution < -0.4 is 0 Å². The zero-order chi connectivity index (χ0) is 7.82. The van der Waals surface area contributed by atoms with Crippen molar-refractivity contribution >= 4 is 15.9 Å². The van der Waals surface area contributed by atoms with Gasteiger partial charge in [-0.05, 0) is 13.0 Å². The average Bonchev–Trinajstić information content (AvgIpc) is 1.90. The van der Waals surface area contributed by atoms with E-state index in [1.165, 1.54) is 0 Å². The molecule has 0 aliphatic carbocycles. The van der Waals surface area contributed by atoms with Gasteiger partial charge in [0.25, 0.3) is 0 Å². The maximum absolute atomic E-state index is 11.8. The van der Waals surface area contributed by atoms with Gasteiger partial charge in [-0.2, -0.15) is 0 Å². The molecular weight excluding hydrogens is 197 g/mol. The van der Waals surface area contributed by atoms with Crippen LogP contribution in [0.25, 0.3) is 0 Å². The third kappa shape index (κ3) is 5.18. The van der Waals surface area contributed by atoms with Gasteiger partial charge in [-0.25, -0.2) is 4.39 Å². The molecule has 0 saturated carbocycles. The summed E-state index contributed by atoms with van der Waals surface area (Å²) in [6.07, 6.45) is 1.10. The molecule has 0 amide bonds. The second kappa shape index (κ2) is 7.48. The minimum Gasteiger partial charge on any atom is -0.300 e. The normalized spacial score (nSPS) is 10.8. The molecule has 0 spiro atoms. The van der Waals surface area contributed by atoms with Crippen molar-refractivity contribution in [1.29, 1.82) is 0 Å². The number of hydrogen-bond donors (Lipinski definition) is 0. The van der Waals surface area contributed by atoms with Crippen LogP contribution in [0.15, 0.2) is 0 Å². The van der Waals surface area contributed by atoms with Gasteiger partial charge in [-0.3, -0.25) is 4.90 Å². The summed E-state index contributed by atoms with van der Waals surface area (Å²) in [6, 6.07) is 0.